The maximum atomic E-state index is 12.0. The third-order valence-corrected chi connectivity index (χ3v) is 4.68. The van der Waals surface area contributed by atoms with Gasteiger partial charge in [-0.15, -0.1) is 0 Å². The number of nitrogens with two attached hydrogens (primary N) is 1. The molecule has 0 aromatic carbocycles. The highest BCUT2D eigenvalue weighted by Crippen LogP contribution is 2.38. The zero-order valence-electron chi connectivity index (χ0n) is 11.2. The molecule has 0 atom stereocenters. The van der Waals surface area contributed by atoms with E-state index in [9.17, 15) is 9.90 Å². The number of nitrogens with one attached hydrogen (secondary N) is 1. The molecule has 0 aliphatic heterocycles. The molecule has 0 bridgehead atoms. The van der Waals surface area contributed by atoms with Crippen LogP contribution in [0.1, 0.15) is 51.4 Å². The van der Waals surface area contributed by atoms with Crippen LogP contribution in [0, 0.1) is 11.3 Å². The molecule has 0 radical (unpaired) electrons. The second kappa shape index (κ2) is 6.02. The number of carbonyl (C=O) groups excluding carboxylic acids is 1. The van der Waals surface area contributed by atoms with Crippen molar-refractivity contribution in [3.63, 3.8) is 0 Å². The number of amides is 1. The maximum absolute atomic E-state index is 12.0. The summed E-state index contributed by atoms with van der Waals surface area (Å²) < 4.78 is 0. The molecular weight excluding hydrogens is 228 g/mol. The molecule has 4 N–H and O–H groups in total. The summed E-state index contributed by atoms with van der Waals surface area (Å²) in [6.45, 7) is 1.35. The van der Waals surface area contributed by atoms with Crippen LogP contribution in [0.2, 0.25) is 0 Å². The fraction of sp³-hybridized carbons (Fsp3) is 0.929. The SMILES string of the molecule is NCC1(CC(=O)NCC2CC(O)C2)CCCCC1. The number of hydrogen-bond donors (Lipinski definition) is 3. The van der Waals surface area contributed by atoms with E-state index in [4.69, 9.17) is 5.73 Å². The molecule has 18 heavy (non-hydrogen) atoms. The molecule has 0 saturated heterocycles. The van der Waals surface area contributed by atoms with Crippen LogP contribution in [0.3, 0.4) is 0 Å². The van der Waals surface area contributed by atoms with Crippen molar-refractivity contribution in [3.8, 4) is 0 Å². The van der Waals surface area contributed by atoms with Gasteiger partial charge < -0.3 is 16.2 Å². The Hall–Kier alpha value is -0.610. The molecule has 2 aliphatic carbocycles. The van der Waals surface area contributed by atoms with Crippen molar-refractivity contribution in [1.29, 1.82) is 0 Å². The molecule has 4 heteroatoms. The smallest absolute Gasteiger partial charge is 0.220 e. The minimum atomic E-state index is -0.138. The second-order valence-corrected chi connectivity index (χ2v) is 6.24. The normalized spacial score (nSPS) is 30.6. The average Bonchev–Trinajstić information content (AvgIpc) is 2.34. The summed E-state index contributed by atoms with van der Waals surface area (Å²) in [6.07, 6.45) is 8.00. The van der Waals surface area contributed by atoms with E-state index in [1.54, 1.807) is 0 Å². The van der Waals surface area contributed by atoms with Crippen molar-refractivity contribution < 1.29 is 9.90 Å². The van der Waals surface area contributed by atoms with Gasteiger partial charge in [0.2, 0.25) is 5.91 Å². The fourth-order valence-corrected chi connectivity index (χ4v) is 3.28. The lowest BCUT2D eigenvalue weighted by Crippen LogP contribution is -2.42. The molecule has 4 nitrogen and oxygen atoms in total. The highest BCUT2D eigenvalue weighted by Gasteiger charge is 2.33. The van der Waals surface area contributed by atoms with Crippen LogP contribution in [0.25, 0.3) is 0 Å². The van der Waals surface area contributed by atoms with Crippen LogP contribution < -0.4 is 11.1 Å². The predicted octanol–water partition coefficient (Wildman–Crippen LogP) is 1.17. The largest absolute Gasteiger partial charge is 0.393 e. The van der Waals surface area contributed by atoms with Gasteiger partial charge in [-0.05, 0) is 43.6 Å². The monoisotopic (exact) mass is 254 g/mol. The topological polar surface area (TPSA) is 75.4 Å². The lowest BCUT2D eigenvalue weighted by atomic mass is 9.71. The molecular formula is C14H26N2O2. The molecule has 1 amide bonds. The van der Waals surface area contributed by atoms with Gasteiger partial charge >= 0.3 is 0 Å². The summed E-state index contributed by atoms with van der Waals surface area (Å²) in [4.78, 5) is 12.0. The number of aliphatic hydroxyl groups is 1. The average molecular weight is 254 g/mol. The minimum absolute atomic E-state index is 0.0570. The Balaban J connectivity index is 1.71. The van der Waals surface area contributed by atoms with Gasteiger partial charge in [-0.25, -0.2) is 0 Å². The Morgan fingerprint density at radius 2 is 1.94 bits per heavy atom. The Kier molecular flexibility index (Phi) is 4.62. The van der Waals surface area contributed by atoms with E-state index in [1.165, 1.54) is 19.3 Å². The van der Waals surface area contributed by atoms with Crippen molar-refractivity contribution in [3.05, 3.63) is 0 Å². The molecule has 0 aromatic heterocycles. The lowest BCUT2D eigenvalue weighted by molar-refractivity contribution is -0.124. The zero-order valence-corrected chi connectivity index (χ0v) is 11.2. The van der Waals surface area contributed by atoms with E-state index in [1.807, 2.05) is 0 Å². The first kappa shape index (κ1) is 13.8. The van der Waals surface area contributed by atoms with Gasteiger partial charge in [0.05, 0.1) is 6.10 Å². The van der Waals surface area contributed by atoms with Gasteiger partial charge in [0.15, 0.2) is 0 Å². The van der Waals surface area contributed by atoms with Crippen LogP contribution in [-0.2, 0) is 4.79 Å². The maximum Gasteiger partial charge on any atom is 0.220 e. The summed E-state index contributed by atoms with van der Waals surface area (Å²) in [5.41, 5.74) is 5.94. The summed E-state index contributed by atoms with van der Waals surface area (Å²) in [5, 5.41) is 12.2. The molecule has 0 unspecified atom stereocenters. The molecule has 2 rings (SSSR count). The van der Waals surface area contributed by atoms with Crippen molar-refractivity contribution >= 4 is 5.91 Å². The van der Waals surface area contributed by atoms with Gasteiger partial charge in [-0.2, -0.15) is 0 Å². The van der Waals surface area contributed by atoms with Crippen LogP contribution >= 0.6 is 0 Å². The van der Waals surface area contributed by atoms with Crippen molar-refractivity contribution in [2.45, 2.75) is 57.5 Å². The summed E-state index contributed by atoms with van der Waals surface area (Å²) in [6, 6.07) is 0. The number of carbonyl (C=O) groups is 1. The standard InChI is InChI=1S/C14H26N2O2/c15-10-14(4-2-1-3-5-14)8-13(18)16-9-11-6-12(17)7-11/h11-12,17H,1-10,15H2,(H,16,18). The Bertz CT molecular complexity index is 282. The van der Waals surface area contributed by atoms with E-state index in [0.29, 0.717) is 18.9 Å². The minimum Gasteiger partial charge on any atom is -0.393 e. The van der Waals surface area contributed by atoms with E-state index in [0.717, 1.165) is 32.2 Å². The summed E-state index contributed by atoms with van der Waals surface area (Å²) in [5.74, 6) is 0.618. The Morgan fingerprint density at radius 1 is 1.28 bits per heavy atom. The van der Waals surface area contributed by atoms with Gasteiger partial charge in [0.25, 0.3) is 0 Å². The van der Waals surface area contributed by atoms with Crippen LogP contribution in [-0.4, -0.2) is 30.2 Å². The predicted molar refractivity (Wildman–Crippen MR) is 70.9 cm³/mol. The first-order valence-electron chi connectivity index (χ1n) is 7.28. The molecule has 2 fully saturated rings. The fourth-order valence-electron chi connectivity index (χ4n) is 3.28. The number of aliphatic hydroxyl groups excluding tert-OH is 1. The summed E-state index contributed by atoms with van der Waals surface area (Å²) >= 11 is 0. The van der Waals surface area contributed by atoms with E-state index >= 15 is 0 Å². The van der Waals surface area contributed by atoms with Crippen LogP contribution in [0.4, 0.5) is 0 Å². The van der Waals surface area contributed by atoms with E-state index in [2.05, 4.69) is 5.32 Å². The Labute approximate surface area is 109 Å². The molecule has 0 spiro atoms. The highest BCUT2D eigenvalue weighted by molar-refractivity contribution is 5.76. The van der Waals surface area contributed by atoms with E-state index in [-0.39, 0.29) is 17.4 Å². The van der Waals surface area contributed by atoms with Crippen molar-refractivity contribution in [2.75, 3.05) is 13.1 Å². The summed E-state index contributed by atoms with van der Waals surface area (Å²) in [7, 11) is 0. The zero-order chi connectivity index (χ0) is 13.0. The second-order valence-electron chi connectivity index (χ2n) is 6.24. The molecule has 104 valence electrons. The third-order valence-electron chi connectivity index (χ3n) is 4.68. The molecule has 0 heterocycles. The first-order valence-corrected chi connectivity index (χ1v) is 7.28. The van der Waals surface area contributed by atoms with Crippen molar-refractivity contribution in [2.24, 2.45) is 17.1 Å². The Morgan fingerprint density at radius 3 is 2.50 bits per heavy atom. The van der Waals surface area contributed by atoms with Gasteiger partial charge in [-0.1, -0.05) is 19.3 Å². The van der Waals surface area contributed by atoms with E-state index < -0.39 is 0 Å². The number of hydrogen-bond acceptors (Lipinski definition) is 3. The van der Waals surface area contributed by atoms with Gasteiger partial charge in [-0.3, -0.25) is 4.79 Å². The number of rotatable bonds is 5. The van der Waals surface area contributed by atoms with Gasteiger partial charge in [0.1, 0.15) is 0 Å². The molecule has 2 saturated carbocycles. The van der Waals surface area contributed by atoms with Gasteiger partial charge in [0, 0.05) is 13.0 Å². The first-order chi connectivity index (χ1) is 8.63. The van der Waals surface area contributed by atoms with Crippen LogP contribution in [0.15, 0.2) is 0 Å². The lowest BCUT2D eigenvalue weighted by Gasteiger charge is -2.36. The van der Waals surface area contributed by atoms with Crippen molar-refractivity contribution in [1.82, 2.24) is 5.32 Å². The molecule has 2 aliphatic rings. The van der Waals surface area contributed by atoms with Crippen LogP contribution in [0.5, 0.6) is 0 Å². The highest BCUT2D eigenvalue weighted by atomic mass is 16.3. The quantitative estimate of drug-likeness (QED) is 0.689. The molecule has 0 aromatic rings. The third kappa shape index (κ3) is 3.45.